The topological polar surface area (TPSA) is 47.8 Å². The lowest BCUT2D eigenvalue weighted by molar-refractivity contribution is -0.137. The fourth-order valence-electron chi connectivity index (χ4n) is 1.48. The lowest BCUT2D eigenvalue weighted by atomic mass is 10.1. The van der Waals surface area contributed by atoms with Crippen molar-refractivity contribution in [1.29, 1.82) is 0 Å². The number of carbonyl (C=O) groups is 1. The van der Waals surface area contributed by atoms with Crippen LogP contribution in [0.4, 0.5) is 13.2 Å². The predicted octanol–water partition coefficient (Wildman–Crippen LogP) is 2.83. The van der Waals surface area contributed by atoms with Gasteiger partial charge < -0.3 is 0 Å². The van der Waals surface area contributed by atoms with Gasteiger partial charge in [-0.3, -0.25) is 14.5 Å². The van der Waals surface area contributed by atoms with E-state index in [2.05, 4.69) is 26.0 Å². The van der Waals surface area contributed by atoms with Crippen molar-refractivity contribution in [3.63, 3.8) is 0 Å². The number of aryl methyl sites for hydroxylation is 1. The monoisotopic (exact) mass is 333 g/mol. The zero-order chi connectivity index (χ0) is 14.2. The van der Waals surface area contributed by atoms with Crippen molar-refractivity contribution in [1.82, 2.24) is 14.8 Å². The molecule has 0 N–H and O–H groups in total. The maximum absolute atomic E-state index is 12.4. The van der Waals surface area contributed by atoms with Crippen LogP contribution in [0.25, 0.3) is 0 Å². The van der Waals surface area contributed by atoms with E-state index in [0.29, 0.717) is 10.7 Å². The molecule has 2 aromatic rings. The Balaban J connectivity index is 2.36. The summed E-state index contributed by atoms with van der Waals surface area (Å²) >= 11 is 3.15. The Morgan fingerprint density at radius 3 is 2.42 bits per heavy atom. The molecule has 2 rings (SSSR count). The second-order valence-corrected chi connectivity index (χ2v) is 4.58. The quantitative estimate of drug-likeness (QED) is 0.794. The highest BCUT2D eigenvalue weighted by molar-refractivity contribution is 9.10. The molecule has 8 heteroatoms. The number of aromatic nitrogens is 3. The molecule has 4 nitrogen and oxygen atoms in total. The highest BCUT2D eigenvalue weighted by Gasteiger charge is 2.31. The molecule has 2 aromatic heterocycles. The summed E-state index contributed by atoms with van der Waals surface area (Å²) in [4.78, 5) is 15.6. The number of halogens is 4. The summed E-state index contributed by atoms with van der Waals surface area (Å²) in [6.07, 6.45) is -2.41. The van der Waals surface area contributed by atoms with E-state index in [9.17, 15) is 18.0 Å². The van der Waals surface area contributed by atoms with Crippen molar-refractivity contribution < 1.29 is 18.0 Å². The van der Waals surface area contributed by atoms with Gasteiger partial charge in [-0.25, -0.2) is 0 Å². The van der Waals surface area contributed by atoms with Crippen LogP contribution < -0.4 is 0 Å². The normalized spacial score (nSPS) is 11.6. The highest BCUT2D eigenvalue weighted by atomic mass is 79.9. The molecule has 0 aliphatic rings. The first-order chi connectivity index (χ1) is 8.80. The van der Waals surface area contributed by atoms with Crippen molar-refractivity contribution >= 4 is 21.7 Å². The molecular weight excluding hydrogens is 327 g/mol. The van der Waals surface area contributed by atoms with Crippen molar-refractivity contribution in [2.24, 2.45) is 7.05 Å². The number of alkyl halides is 3. The standard InChI is InChI=1S/C11H7BrF3N3O/c1-18-9(7(12)5-17-18)10(19)8-3-2-6(4-16-8)11(13,14)15/h2-5H,1H3. The third kappa shape index (κ3) is 2.67. The second-order valence-electron chi connectivity index (χ2n) is 3.72. The zero-order valence-electron chi connectivity index (χ0n) is 9.57. The lowest BCUT2D eigenvalue weighted by Gasteiger charge is -2.06. The smallest absolute Gasteiger partial charge is 0.285 e. The van der Waals surface area contributed by atoms with E-state index in [0.717, 1.165) is 12.1 Å². The van der Waals surface area contributed by atoms with E-state index in [1.54, 1.807) is 7.05 Å². The molecule has 0 bridgehead atoms. The van der Waals surface area contributed by atoms with E-state index in [-0.39, 0.29) is 11.4 Å². The SMILES string of the molecule is Cn1ncc(Br)c1C(=O)c1ccc(C(F)(F)F)cn1. The summed E-state index contributed by atoms with van der Waals surface area (Å²) in [6.45, 7) is 0. The van der Waals surface area contributed by atoms with Gasteiger partial charge in [0, 0.05) is 13.2 Å². The third-order valence-corrected chi connectivity index (χ3v) is 3.01. The van der Waals surface area contributed by atoms with Gasteiger partial charge in [0.15, 0.2) is 0 Å². The summed E-state index contributed by atoms with van der Waals surface area (Å²) in [7, 11) is 1.56. The van der Waals surface area contributed by atoms with Crippen molar-refractivity contribution in [2.75, 3.05) is 0 Å². The maximum atomic E-state index is 12.4. The Kier molecular flexibility index (Phi) is 3.44. The fraction of sp³-hybridized carbons (Fsp3) is 0.182. The molecule has 100 valence electrons. The van der Waals surface area contributed by atoms with Gasteiger partial charge >= 0.3 is 6.18 Å². The fourth-order valence-corrected chi connectivity index (χ4v) is 2.01. The Morgan fingerprint density at radius 1 is 1.32 bits per heavy atom. The largest absolute Gasteiger partial charge is 0.417 e. The Morgan fingerprint density at radius 2 is 2.00 bits per heavy atom. The van der Waals surface area contributed by atoms with Crippen LogP contribution >= 0.6 is 15.9 Å². The summed E-state index contributed by atoms with van der Waals surface area (Å²) in [5.41, 5.74) is -0.738. The Labute approximate surface area is 114 Å². The summed E-state index contributed by atoms with van der Waals surface area (Å²) < 4.78 is 38.9. The molecule has 0 aliphatic carbocycles. The molecule has 0 amide bonds. The summed E-state index contributed by atoms with van der Waals surface area (Å²) in [5, 5.41) is 3.86. The van der Waals surface area contributed by atoms with E-state index < -0.39 is 17.5 Å². The van der Waals surface area contributed by atoms with Gasteiger partial charge in [0.1, 0.15) is 11.4 Å². The van der Waals surface area contributed by atoms with Crippen molar-refractivity contribution in [3.05, 3.63) is 46.0 Å². The average molecular weight is 334 g/mol. The minimum Gasteiger partial charge on any atom is -0.285 e. The van der Waals surface area contributed by atoms with Gasteiger partial charge in [-0.2, -0.15) is 18.3 Å². The molecule has 0 fully saturated rings. The van der Waals surface area contributed by atoms with E-state index >= 15 is 0 Å². The van der Waals surface area contributed by atoms with Gasteiger partial charge in [0.05, 0.1) is 16.2 Å². The Hall–Kier alpha value is -1.70. The first-order valence-electron chi connectivity index (χ1n) is 5.06. The Bertz CT molecular complexity index is 600. The predicted molar refractivity (Wildman–Crippen MR) is 63.6 cm³/mol. The first-order valence-corrected chi connectivity index (χ1v) is 5.85. The van der Waals surface area contributed by atoms with Crippen LogP contribution in [0.15, 0.2) is 29.0 Å². The van der Waals surface area contributed by atoms with Gasteiger partial charge in [-0.15, -0.1) is 0 Å². The molecule has 0 unspecified atom stereocenters. The summed E-state index contributed by atoms with van der Waals surface area (Å²) in [5.74, 6) is -0.499. The molecule has 0 aromatic carbocycles. The van der Waals surface area contributed by atoms with Gasteiger partial charge in [0.2, 0.25) is 5.78 Å². The molecular formula is C11H7BrF3N3O. The molecule has 2 heterocycles. The van der Waals surface area contributed by atoms with Crippen LogP contribution in [0.5, 0.6) is 0 Å². The first kappa shape index (κ1) is 13.7. The maximum Gasteiger partial charge on any atom is 0.417 e. The van der Waals surface area contributed by atoms with E-state index in [1.165, 1.54) is 10.9 Å². The van der Waals surface area contributed by atoms with Crippen molar-refractivity contribution in [2.45, 2.75) is 6.18 Å². The third-order valence-electron chi connectivity index (χ3n) is 2.43. The number of hydrogen-bond acceptors (Lipinski definition) is 3. The molecule has 0 saturated heterocycles. The number of hydrogen-bond donors (Lipinski definition) is 0. The molecule has 0 aliphatic heterocycles. The number of pyridine rings is 1. The van der Waals surface area contributed by atoms with Crippen LogP contribution in [-0.2, 0) is 13.2 Å². The minimum atomic E-state index is -4.47. The molecule has 0 atom stereocenters. The van der Waals surface area contributed by atoms with Crippen LogP contribution in [-0.4, -0.2) is 20.5 Å². The average Bonchev–Trinajstić information content (AvgIpc) is 2.67. The zero-order valence-corrected chi connectivity index (χ0v) is 11.2. The van der Waals surface area contributed by atoms with E-state index in [4.69, 9.17) is 0 Å². The molecule has 0 saturated carbocycles. The summed E-state index contributed by atoms with van der Waals surface area (Å²) in [6, 6.07) is 1.87. The van der Waals surface area contributed by atoms with Gasteiger partial charge in [-0.1, -0.05) is 0 Å². The van der Waals surface area contributed by atoms with Gasteiger partial charge in [-0.05, 0) is 28.1 Å². The number of ketones is 1. The number of carbonyl (C=O) groups excluding carboxylic acids is 1. The highest BCUT2D eigenvalue weighted by Crippen LogP contribution is 2.28. The molecule has 0 spiro atoms. The van der Waals surface area contributed by atoms with Crippen LogP contribution in [0, 0.1) is 0 Å². The minimum absolute atomic E-state index is 0.0719. The number of rotatable bonds is 2. The van der Waals surface area contributed by atoms with Crippen LogP contribution in [0.2, 0.25) is 0 Å². The van der Waals surface area contributed by atoms with Gasteiger partial charge in [0.25, 0.3) is 0 Å². The lowest BCUT2D eigenvalue weighted by Crippen LogP contribution is -2.12. The molecule has 19 heavy (non-hydrogen) atoms. The number of nitrogens with zero attached hydrogens (tertiary/aromatic N) is 3. The second kappa shape index (κ2) is 4.76. The molecule has 0 radical (unpaired) electrons. The van der Waals surface area contributed by atoms with E-state index in [1.807, 2.05) is 0 Å². The van der Waals surface area contributed by atoms with Crippen LogP contribution in [0.1, 0.15) is 21.7 Å². The van der Waals surface area contributed by atoms with Crippen molar-refractivity contribution in [3.8, 4) is 0 Å². The van der Waals surface area contributed by atoms with Crippen LogP contribution in [0.3, 0.4) is 0 Å².